The molecule has 18 heavy (non-hydrogen) atoms. The van der Waals surface area contributed by atoms with E-state index in [2.05, 4.69) is 4.98 Å². The number of aryl methyl sites for hydroxylation is 1. The first-order valence-corrected chi connectivity index (χ1v) is 7.98. The van der Waals surface area contributed by atoms with Crippen molar-refractivity contribution in [3.63, 3.8) is 0 Å². The van der Waals surface area contributed by atoms with E-state index in [0.717, 1.165) is 11.3 Å². The van der Waals surface area contributed by atoms with E-state index < -0.39 is 9.05 Å². The highest BCUT2D eigenvalue weighted by Crippen LogP contribution is 2.28. The minimum atomic E-state index is -3.57. The molecule has 0 N–H and O–H groups in total. The molecule has 1 fully saturated rings. The van der Waals surface area contributed by atoms with Crippen molar-refractivity contribution >= 4 is 31.3 Å². The summed E-state index contributed by atoms with van der Waals surface area (Å²) in [5, 5.41) is 0. The molecule has 0 radical (unpaired) electrons. The van der Waals surface area contributed by atoms with Crippen molar-refractivity contribution in [3.05, 3.63) is 24.0 Å². The van der Waals surface area contributed by atoms with Crippen LogP contribution >= 0.6 is 10.7 Å². The van der Waals surface area contributed by atoms with E-state index in [0.29, 0.717) is 6.54 Å². The third-order valence-electron chi connectivity index (χ3n) is 2.92. The highest BCUT2D eigenvalue weighted by Gasteiger charge is 2.33. The van der Waals surface area contributed by atoms with E-state index in [1.807, 2.05) is 6.92 Å². The molecule has 7 heteroatoms. The van der Waals surface area contributed by atoms with E-state index in [1.165, 1.54) is 0 Å². The molecule has 1 unspecified atom stereocenters. The predicted octanol–water partition coefficient (Wildman–Crippen LogP) is 1.31. The maximum atomic E-state index is 11.9. The largest absolute Gasteiger partial charge is 0.312 e. The van der Waals surface area contributed by atoms with Crippen LogP contribution < -0.4 is 4.90 Å². The number of amides is 1. The smallest absolute Gasteiger partial charge is 0.232 e. The van der Waals surface area contributed by atoms with Gasteiger partial charge in [0.2, 0.25) is 15.0 Å². The molecule has 0 aliphatic carbocycles. The molecule has 0 bridgehead atoms. The fourth-order valence-corrected chi connectivity index (χ4v) is 3.50. The Morgan fingerprint density at radius 1 is 1.56 bits per heavy atom. The maximum absolute atomic E-state index is 11.9. The molecule has 1 saturated heterocycles. The first-order valence-electron chi connectivity index (χ1n) is 5.50. The molecule has 0 saturated carbocycles. The first kappa shape index (κ1) is 13.3. The van der Waals surface area contributed by atoms with Crippen LogP contribution in [0.25, 0.3) is 0 Å². The van der Waals surface area contributed by atoms with Gasteiger partial charge in [-0.05, 0) is 18.6 Å². The SMILES string of the molecule is Cc1cnccc1N1CC(CS(=O)(=O)Cl)CC1=O. The van der Waals surface area contributed by atoms with Gasteiger partial charge < -0.3 is 4.90 Å². The lowest BCUT2D eigenvalue weighted by atomic mass is 10.1. The molecule has 1 atom stereocenters. The fourth-order valence-electron chi connectivity index (χ4n) is 2.18. The van der Waals surface area contributed by atoms with Crippen molar-refractivity contribution in [2.45, 2.75) is 13.3 Å². The summed E-state index contributed by atoms with van der Waals surface area (Å²) in [5.41, 5.74) is 1.67. The third kappa shape index (κ3) is 3.00. The number of rotatable bonds is 3. The van der Waals surface area contributed by atoms with Crippen molar-refractivity contribution in [2.24, 2.45) is 5.92 Å². The van der Waals surface area contributed by atoms with Crippen LogP contribution in [-0.4, -0.2) is 31.6 Å². The van der Waals surface area contributed by atoms with Gasteiger partial charge in [0.15, 0.2) is 0 Å². The van der Waals surface area contributed by atoms with Crippen molar-refractivity contribution in [1.29, 1.82) is 0 Å². The van der Waals surface area contributed by atoms with E-state index in [-0.39, 0.29) is 24.0 Å². The summed E-state index contributed by atoms with van der Waals surface area (Å²) in [6.07, 6.45) is 3.50. The van der Waals surface area contributed by atoms with Crippen LogP contribution in [0.2, 0.25) is 0 Å². The van der Waals surface area contributed by atoms with Gasteiger partial charge in [0.1, 0.15) is 0 Å². The standard InChI is InChI=1S/C11H13ClN2O3S/c1-8-5-13-3-2-10(8)14-6-9(4-11(14)15)7-18(12,16)17/h2-3,5,9H,4,6-7H2,1H3. The lowest BCUT2D eigenvalue weighted by molar-refractivity contribution is -0.117. The number of nitrogens with zero attached hydrogens (tertiary/aromatic N) is 2. The average Bonchev–Trinajstić information content (AvgIpc) is 2.57. The van der Waals surface area contributed by atoms with Gasteiger partial charge in [0.25, 0.3) is 0 Å². The van der Waals surface area contributed by atoms with E-state index >= 15 is 0 Å². The second-order valence-electron chi connectivity index (χ2n) is 4.44. The van der Waals surface area contributed by atoms with Gasteiger partial charge in [-0.1, -0.05) is 0 Å². The second kappa shape index (κ2) is 4.85. The number of carbonyl (C=O) groups excluding carboxylic acids is 1. The Morgan fingerprint density at radius 3 is 2.89 bits per heavy atom. The molecule has 5 nitrogen and oxygen atoms in total. The van der Waals surface area contributed by atoms with E-state index in [1.54, 1.807) is 23.4 Å². The Labute approximate surface area is 110 Å². The van der Waals surface area contributed by atoms with E-state index in [4.69, 9.17) is 10.7 Å². The quantitative estimate of drug-likeness (QED) is 0.787. The average molecular weight is 289 g/mol. The summed E-state index contributed by atoms with van der Waals surface area (Å²) in [4.78, 5) is 17.5. The van der Waals surface area contributed by atoms with Crippen molar-refractivity contribution < 1.29 is 13.2 Å². The van der Waals surface area contributed by atoms with Crippen LogP contribution in [0.1, 0.15) is 12.0 Å². The number of pyridine rings is 1. The summed E-state index contributed by atoms with van der Waals surface area (Å²) in [5.74, 6) is -0.483. The number of hydrogen-bond acceptors (Lipinski definition) is 4. The van der Waals surface area contributed by atoms with Crippen LogP contribution in [0.3, 0.4) is 0 Å². The lowest BCUT2D eigenvalue weighted by Gasteiger charge is -2.18. The number of hydrogen-bond donors (Lipinski definition) is 0. The maximum Gasteiger partial charge on any atom is 0.232 e. The molecular weight excluding hydrogens is 276 g/mol. The summed E-state index contributed by atoms with van der Waals surface area (Å²) in [6, 6.07) is 1.75. The Bertz CT molecular complexity index is 573. The minimum Gasteiger partial charge on any atom is -0.312 e. The molecule has 1 amide bonds. The number of halogens is 1. The zero-order valence-corrected chi connectivity index (χ0v) is 11.4. The molecule has 0 spiro atoms. The van der Waals surface area contributed by atoms with Gasteiger partial charge in [-0.15, -0.1) is 0 Å². The molecule has 1 aliphatic heterocycles. The van der Waals surface area contributed by atoms with Crippen molar-refractivity contribution in [2.75, 3.05) is 17.2 Å². The highest BCUT2D eigenvalue weighted by atomic mass is 35.7. The van der Waals surface area contributed by atoms with Crippen molar-refractivity contribution in [1.82, 2.24) is 4.98 Å². The monoisotopic (exact) mass is 288 g/mol. The Hall–Kier alpha value is -1.14. The summed E-state index contributed by atoms with van der Waals surface area (Å²) in [7, 11) is 1.65. The van der Waals surface area contributed by atoms with Gasteiger partial charge in [0.05, 0.1) is 5.75 Å². The number of anilines is 1. The Balaban J connectivity index is 2.18. The first-order chi connectivity index (χ1) is 8.37. The van der Waals surface area contributed by atoms with Crippen LogP contribution in [0.4, 0.5) is 5.69 Å². The normalized spacial score (nSPS) is 20.4. The molecular formula is C11H13ClN2O3S. The molecule has 2 heterocycles. The third-order valence-corrected chi connectivity index (χ3v) is 4.17. The summed E-state index contributed by atoms with van der Waals surface area (Å²) in [6.45, 7) is 2.25. The van der Waals surface area contributed by atoms with Gasteiger partial charge in [-0.2, -0.15) is 0 Å². The minimum absolute atomic E-state index is 0.0744. The summed E-state index contributed by atoms with van der Waals surface area (Å²) >= 11 is 0. The highest BCUT2D eigenvalue weighted by molar-refractivity contribution is 8.13. The van der Waals surface area contributed by atoms with Crippen LogP contribution in [0.15, 0.2) is 18.5 Å². The predicted molar refractivity (Wildman–Crippen MR) is 69.1 cm³/mol. The topological polar surface area (TPSA) is 67.3 Å². The summed E-state index contributed by atoms with van der Waals surface area (Å²) < 4.78 is 22.1. The molecule has 0 aromatic carbocycles. The Morgan fingerprint density at radius 2 is 2.28 bits per heavy atom. The number of carbonyl (C=O) groups is 1. The van der Waals surface area contributed by atoms with Gasteiger partial charge in [-0.3, -0.25) is 9.78 Å². The van der Waals surface area contributed by atoms with Crippen LogP contribution in [0.5, 0.6) is 0 Å². The zero-order chi connectivity index (χ0) is 13.3. The molecule has 1 aromatic rings. The van der Waals surface area contributed by atoms with E-state index in [9.17, 15) is 13.2 Å². The van der Waals surface area contributed by atoms with Crippen LogP contribution in [0, 0.1) is 12.8 Å². The molecule has 1 aliphatic rings. The molecule has 2 rings (SSSR count). The second-order valence-corrected chi connectivity index (χ2v) is 7.26. The Kier molecular flexibility index (Phi) is 3.59. The zero-order valence-electron chi connectivity index (χ0n) is 9.84. The lowest BCUT2D eigenvalue weighted by Crippen LogP contribution is -2.26. The van der Waals surface area contributed by atoms with Crippen molar-refractivity contribution in [3.8, 4) is 0 Å². The van der Waals surface area contributed by atoms with Crippen LogP contribution in [-0.2, 0) is 13.8 Å². The molecule has 98 valence electrons. The number of aromatic nitrogens is 1. The van der Waals surface area contributed by atoms with Gasteiger partial charge >= 0.3 is 0 Å². The van der Waals surface area contributed by atoms with Gasteiger partial charge in [-0.25, -0.2) is 8.42 Å². The fraction of sp³-hybridized carbons (Fsp3) is 0.455. The van der Waals surface area contributed by atoms with Gasteiger partial charge in [0, 0.05) is 47.6 Å². The molecule has 1 aromatic heterocycles.